The Morgan fingerprint density at radius 1 is 1.40 bits per heavy atom. The fourth-order valence-electron chi connectivity index (χ4n) is 2.44. The number of benzene rings is 1. The molecule has 0 spiro atoms. The summed E-state index contributed by atoms with van der Waals surface area (Å²) in [6.07, 6.45) is 1.01. The summed E-state index contributed by atoms with van der Waals surface area (Å²) in [4.78, 5) is 13.9. The molecule has 1 heterocycles. The van der Waals surface area contributed by atoms with Gasteiger partial charge in [0.15, 0.2) is 6.61 Å². The lowest BCUT2D eigenvalue weighted by Gasteiger charge is -2.16. The third-order valence-corrected chi connectivity index (χ3v) is 3.88. The number of hydrogen-bond donors (Lipinski definition) is 1. The van der Waals surface area contributed by atoms with Crippen LogP contribution >= 0.6 is 0 Å². The zero-order valence-corrected chi connectivity index (χ0v) is 12.3. The molecule has 110 valence electrons. The van der Waals surface area contributed by atoms with Crippen LogP contribution in [-0.4, -0.2) is 37.0 Å². The maximum absolute atomic E-state index is 12.0. The second kappa shape index (κ2) is 6.75. The summed E-state index contributed by atoms with van der Waals surface area (Å²) in [5.41, 5.74) is 6.90. The number of ether oxygens (including phenoxy) is 1. The number of nitrogens with zero attached hydrogens (tertiary/aromatic N) is 1. The van der Waals surface area contributed by atoms with Crippen molar-refractivity contribution in [2.24, 2.45) is 11.7 Å². The second-order valence-electron chi connectivity index (χ2n) is 5.74. The number of hydrogen-bond acceptors (Lipinski definition) is 3. The zero-order valence-electron chi connectivity index (χ0n) is 12.3. The van der Waals surface area contributed by atoms with Gasteiger partial charge in [-0.05, 0) is 42.5 Å². The Hall–Kier alpha value is -1.55. The van der Waals surface area contributed by atoms with Gasteiger partial charge >= 0.3 is 0 Å². The van der Waals surface area contributed by atoms with E-state index in [1.807, 2.05) is 29.2 Å². The summed E-state index contributed by atoms with van der Waals surface area (Å²) in [6, 6.07) is 7.94. The smallest absolute Gasteiger partial charge is 0.260 e. The minimum absolute atomic E-state index is 0.0499. The molecule has 0 bridgehead atoms. The van der Waals surface area contributed by atoms with Crippen LogP contribution in [0.4, 0.5) is 0 Å². The van der Waals surface area contributed by atoms with Crippen LogP contribution in [0.25, 0.3) is 0 Å². The van der Waals surface area contributed by atoms with Crippen LogP contribution in [0.5, 0.6) is 5.75 Å². The molecule has 0 radical (unpaired) electrons. The molecule has 0 aliphatic carbocycles. The average molecular weight is 276 g/mol. The Labute approximate surface area is 120 Å². The number of rotatable bonds is 5. The van der Waals surface area contributed by atoms with E-state index in [2.05, 4.69) is 13.8 Å². The Kier molecular flexibility index (Phi) is 5.01. The van der Waals surface area contributed by atoms with Gasteiger partial charge in [0.05, 0.1) is 0 Å². The lowest BCUT2D eigenvalue weighted by molar-refractivity contribution is -0.132. The topological polar surface area (TPSA) is 55.6 Å². The Morgan fingerprint density at radius 3 is 2.65 bits per heavy atom. The minimum Gasteiger partial charge on any atom is -0.484 e. The van der Waals surface area contributed by atoms with E-state index in [9.17, 15) is 4.79 Å². The maximum Gasteiger partial charge on any atom is 0.260 e. The first-order valence-corrected chi connectivity index (χ1v) is 7.30. The van der Waals surface area contributed by atoms with Gasteiger partial charge in [-0.1, -0.05) is 26.0 Å². The lowest BCUT2D eigenvalue weighted by Crippen LogP contribution is -2.33. The number of carbonyl (C=O) groups is 1. The lowest BCUT2D eigenvalue weighted by atomic mass is 10.0. The highest BCUT2D eigenvalue weighted by Crippen LogP contribution is 2.19. The Balaban J connectivity index is 1.81. The third-order valence-electron chi connectivity index (χ3n) is 3.88. The number of likely N-dealkylation sites (tertiary alicyclic amines) is 1. The highest BCUT2D eigenvalue weighted by molar-refractivity contribution is 5.78. The van der Waals surface area contributed by atoms with Crippen LogP contribution in [0.15, 0.2) is 24.3 Å². The molecule has 1 unspecified atom stereocenters. The molecule has 4 heteroatoms. The normalized spacial score (nSPS) is 18.6. The van der Waals surface area contributed by atoms with Crippen LogP contribution in [0.2, 0.25) is 0 Å². The van der Waals surface area contributed by atoms with Crippen molar-refractivity contribution in [3.63, 3.8) is 0 Å². The van der Waals surface area contributed by atoms with Gasteiger partial charge in [0, 0.05) is 13.1 Å². The molecule has 1 atom stereocenters. The first-order chi connectivity index (χ1) is 9.60. The maximum atomic E-state index is 12.0. The highest BCUT2D eigenvalue weighted by atomic mass is 16.5. The van der Waals surface area contributed by atoms with Crippen molar-refractivity contribution in [1.29, 1.82) is 0 Å². The standard InChI is InChI=1S/C16H24N2O2/c1-12(2)14-3-5-15(6-4-14)20-11-16(19)18-8-7-13(9-17)10-18/h3-6,12-13H,7-11,17H2,1-2H3. The van der Waals surface area contributed by atoms with Crippen molar-refractivity contribution in [3.05, 3.63) is 29.8 Å². The van der Waals surface area contributed by atoms with Gasteiger partial charge in [0.2, 0.25) is 0 Å². The highest BCUT2D eigenvalue weighted by Gasteiger charge is 2.25. The van der Waals surface area contributed by atoms with Gasteiger partial charge in [0.1, 0.15) is 5.75 Å². The van der Waals surface area contributed by atoms with Gasteiger partial charge in [-0.15, -0.1) is 0 Å². The van der Waals surface area contributed by atoms with Gasteiger partial charge in [-0.3, -0.25) is 4.79 Å². The molecule has 1 fully saturated rings. The quantitative estimate of drug-likeness (QED) is 0.895. The van der Waals surface area contributed by atoms with E-state index in [1.165, 1.54) is 5.56 Å². The van der Waals surface area contributed by atoms with Crippen LogP contribution in [-0.2, 0) is 4.79 Å². The van der Waals surface area contributed by atoms with Crippen molar-refractivity contribution in [3.8, 4) is 5.75 Å². The molecule has 2 N–H and O–H groups in total. The van der Waals surface area contributed by atoms with E-state index in [-0.39, 0.29) is 12.5 Å². The first kappa shape index (κ1) is 14.9. The average Bonchev–Trinajstić information content (AvgIpc) is 2.94. The third kappa shape index (κ3) is 3.73. The zero-order chi connectivity index (χ0) is 14.5. The molecule has 1 aliphatic heterocycles. The first-order valence-electron chi connectivity index (χ1n) is 7.30. The molecule has 1 aliphatic rings. The van der Waals surface area contributed by atoms with E-state index in [4.69, 9.17) is 10.5 Å². The minimum atomic E-state index is 0.0499. The van der Waals surface area contributed by atoms with Crippen LogP contribution in [0.3, 0.4) is 0 Å². The molecule has 20 heavy (non-hydrogen) atoms. The summed E-state index contributed by atoms with van der Waals surface area (Å²) in [5.74, 6) is 1.75. The van der Waals surface area contributed by atoms with Gasteiger partial charge in [-0.2, -0.15) is 0 Å². The van der Waals surface area contributed by atoms with Crippen molar-refractivity contribution in [1.82, 2.24) is 4.90 Å². The summed E-state index contributed by atoms with van der Waals surface area (Å²) in [7, 11) is 0. The summed E-state index contributed by atoms with van der Waals surface area (Å²) in [6.45, 7) is 6.64. The second-order valence-corrected chi connectivity index (χ2v) is 5.74. The van der Waals surface area contributed by atoms with Crippen LogP contribution in [0, 0.1) is 5.92 Å². The molecule has 0 aromatic heterocycles. The molecular formula is C16H24N2O2. The predicted molar refractivity (Wildman–Crippen MR) is 79.8 cm³/mol. The van der Waals surface area contributed by atoms with Gasteiger partial charge in [-0.25, -0.2) is 0 Å². The number of amides is 1. The van der Waals surface area contributed by atoms with Crippen LogP contribution < -0.4 is 10.5 Å². The largest absolute Gasteiger partial charge is 0.484 e. The summed E-state index contributed by atoms with van der Waals surface area (Å²) in [5, 5.41) is 0. The van der Waals surface area contributed by atoms with Crippen LogP contribution in [0.1, 0.15) is 31.7 Å². The van der Waals surface area contributed by atoms with Crippen molar-refractivity contribution < 1.29 is 9.53 Å². The van der Waals surface area contributed by atoms with E-state index in [0.717, 1.165) is 25.3 Å². The SMILES string of the molecule is CC(C)c1ccc(OCC(=O)N2CCC(CN)C2)cc1. The predicted octanol–water partition coefficient (Wildman–Crippen LogP) is 2.00. The summed E-state index contributed by atoms with van der Waals surface area (Å²) < 4.78 is 5.56. The van der Waals surface area contributed by atoms with Gasteiger partial charge in [0.25, 0.3) is 5.91 Å². The van der Waals surface area contributed by atoms with Crippen molar-refractivity contribution in [2.45, 2.75) is 26.2 Å². The van der Waals surface area contributed by atoms with Gasteiger partial charge < -0.3 is 15.4 Å². The Morgan fingerprint density at radius 2 is 2.10 bits per heavy atom. The fourth-order valence-corrected chi connectivity index (χ4v) is 2.44. The molecule has 1 aromatic carbocycles. The molecule has 1 amide bonds. The molecular weight excluding hydrogens is 252 g/mol. The molecule has 2 rings (SSSR count). The molecule has 1 aromatic rings. The Bertz CT molecular complexity index is 442. The van der Waals surface area contributed by atoms with E-state index in [1.54, 1.807) is 0 Å². The van der Waals surface area contributed by atoms with E-state index >= 15 is 0 Å². The van der Waals surface area contributed by atoms with Crippen molar-refractivity contribution in [2.75, 3.05) is 26.2 Å². The van der Waals surface area contributed by atoms with E-state index < -0.39 is 0 Å². The fraction of sp³-hybridized carbons (Fsp3) is 0.562. The number of carbonyl (C=O) groups excluding carboxylic acids is 1. The number of nitrogens with two attached hydrogens (primary N) is 1. The summed E-state index contributed by atoms with van der Waals surface area (Å²) >= 11 is 0. The molecule has 1 saturated heterocycles. The molecule has 0 saturated carbocycles. The van der Waals surface area contributed by atoms with E-state index in [0.29, 0.717) is 18.4 Å². The van der Waals surface area contributed by atoms with Crippen molar-refractivity contribution >= 4 is 5.91 Å². The monoisotopic (exact) mass is 276 g/mol. The molecule has 4 nitrogen and oxygen atoms in total.